The summed E-state index contributed by atoms with van der Waals surface area (Å²) in [4.78, 5) is 10.9. The van der Waals surface area contributed by atoms with Crippen LogP contribution in [0.2, 0.25) is 0 Å². The van der Waals surface area contributed by atoms with Crippen molar-refractivity contribution in [2.24, 2.45) is 7.05 Å². The maximum atomic E-state index is 11.7. The van der Waals surface area contributed by atoms with Gasteiger partial charge in [0.15, 0.2) is 0 Å². The standard InChI is InChI=1S/C9H10F3N3O/c1-15-5-7(4-14-15)2-3-8(16)13-6-9(10,11)12/h2-5H,6H2,1H3,(H,13,16)/b3-2+. The molecule has 7 heteroatoms. The van der Waals surface area contributed by atoms with E-state index in [4.69, 9.17) is 0 Å². The minimum Gasteiger partial charge on any atom is -0.343 e. The first-order chi connectivity index (χ1) is 7.37. The topological polar surface area (TPSA) is 46.9 Å². The number of rotatable bonds is 3. The minimum atomic E-state index is -4.39. The third-order valence-corrected chi connectivity index (χ3v) is 1.62. The predicted octanol–water partition coefficient (Wildman–Crippen LogP) is 1.11. The summed E-state index contributed by atoms with van der Waals surface area (Å²) in [5, 5.41) is 5.56. The molecule has 1 aromatic heterocycles. The average Bonchev–Trinajstić information content (AvgIpc) is 2.57. The maximum absolute atomic E-state index is 11.7. The number of nitrogens with one attached hydrogen (secondary N) is 1. The van der Waals surface area contributed by atoms with E-state index in [9.17, 15) is 18.0 Å². The Morgan fingerprint density at radius 1 is 1.62 bits per heavy atom. The highest BCUT2D eigenvalue weighted by Crippen LogP contribution is 2.12. The predicted molar refractivity (Wildman–Crippen MR) is 51.3 cm³/mol. The summed E-state index contributed by atoms with van der Waals surface area (Å²) in [6, 6.07) is 0. The van der Waals surface area contributed by atoms with E-state index in [0.29, 0.717) is 5.56 Å². The molecule has 0 saturated carbocycles. The highest BCUT2D eigenvalue weighted by molar-refractivity contribution is 5.91. The summed E-state index contributed by atoms with van der Waals surface area (Å²) in [5.41, 5.74) is 0.643. The van der Waals surface area contributed by atoms with E-state index < -0.39 is 18.6 Å². The molecule has 0 fully saturated rings. The number of aromatic nitrogens is 2. The van der Waals surface area contributed by atoms with Gasteiger partial charge < -0.3 is 5.32 Å². The van der Waals surface area contributed by atoms with Gasteiger partial charge in [-0.15, -0.1) is 0 Å². The molecule has 0 spiro atoms. The lowest BCUT2D eigenvalue weighted by Crippen LogP contribution is -2.32. The summed E-state index contributed by atoms with van der Waals surface area (Å²) < 4.78 is 36.7. The summed E-state index contributed by atoms with van der Waals surface area (Å²) in [5.74, 6) is -0.791. The number of carbonyl (C=O) groups excluding carboxylic acids is 1. The fourth-order valence-electron chi connectivity index (χ4n) is 0.944. The van der Waals surface area contributed by atoms with Crippen molar-refractivity contribution in [1.82, 2.24) is 15.1 Å². The van der Waals surface area contributed by atoms with Gasteiger partial charge in [-0.05, 0) is 6.08 Å². The van der Waals surface area contributed by atoms with Crippen molar-refractivity contribution in [3.8, 4) is 0 Å². The molecule has 16 heavy (non-hydrogen) atoms. The molecule has 0 aliphatic rings. The number of nitrogens with zero attached hydrogens (tertiary/aromatic N) is 2. The van der Waals surface area contributed by atoms with Gasteiger partial charge in [0.05, 0.1) is 6.20 Å². The molecule has 0 aliphatic carbocycles. The Morgan fingerprint density at radius 3 is 2.81 bits per heavy atom. The Kier molecular flexibility index (Phi) is 3.70. The van der Waals surface area contributed by atoms with E-state index in [1.165, 1.54) is 17.0 Å². The van der Waals surface area contributed by atoms with Gasteiger partial charge in [-0.2, -0.15) is 18.3 Å². The Hall–Kier alpha value is -1.79. The van der Waals surface area contributed by atoms with Crippen molar-refractivity contribution in [2.45, 2.75) is 6.18 Å². The molecule has 4 nitrogen and oxygen atoms in total. The van der Waals surface area contributed by atoms with Crippen LogP contribution in [-0.4, -0.2) is 28.4 Å². The first-order valence-corrected chi connectivity index (χ1v) is 4.38. The highest BCUT2D eigenvalue weighted by atomic mass is 19.4. The van der Waals surface area contributed by atoms with Crippen molar-refractivity contribution in [1.29, 1.82) is 0 Å². The molecule has 0 atom stereocenters. The second-order valence-corrected chi connectivity index (χ2v) is 3.11. The third-order valence-electron chi connectivity index (χ3n) is 1.62. The van der Waals surface area contributed by atoms with Crippen LogP contribution in [0, 0.1) is 0 Å². The first-order valence-electron chi connectivity index (χ1n) is 4.38. The monoisotopic (exact) mass is 233 g/mol. The second-order valence-electron chi connectivity index (χ2n) is 3.11. The summed E-state index contributed by atoms with van der Waals surface area (Å²) >= 11 is 0. The van der Waals surface area contributed by atoms with Crippen molar-refractivity contribution in [2.75, 3.05) is 6.54 Å². The van der Waals surface area contributed by atoms with Gasteiger partial charge in [-0.25, -0.2) is 0 Å². The zero-order chi connectivity index (χ0) is 12.2. The van der Waals surface area contributed by atoms with Crippen LogP contribution in [0.25, 0.3) is 6.08 Å². The quantitative estimate of drug-likeness (QED) is 0.795. The van der Waals surface area contributed by atoms with E-state index in [0.717, 1.165) is 6.08 Å². The number of alkyl halides is 3. The Bertz CT molecular complexity index is 395. The fourth-order valence-corrected chi connectivity index (χ4v) is 0.944. The molecule has 1 aromatic rings. The zero-order valence-electron chi connectivity index (χ0n) is 8.45. The molecule has 0 radical (unpaired) electrons. The normalized spacial score (nSPS) is 12.0. The minimum absolute atomic E-state index is 0.643. The summed E-state index contributed by atoms with van der Waals surface area (Å²) in [6.07, 6.45) is 1.15. The van der Waals surface area contributed by atoms with Crippen molar-refractivity contribution >= 4 is 12.0 Å². The van der Waals surface area contributed by atoms with Gasteiger partial charge in [0.2, 0.25) is 5.91 Å². The van der Waals surface area contributed by atoms with Crippen LogP contribution < -0.4 is 5.32 Å². The fraction of sp³-hybridized carbons (Fsp3) is 0.333. The van der Waals surface area contributed by atoms with E-state index in [2.05, 4.69) is 5.10 Å². The summed E-state index contributed by atoms with van der Waals surface area (Å²) in [6.45, 7) is -1.33. The summed E-state index contributed by atoms with van der Waals surface area (Å²) in [7, 11) is 1.70. The number of carbonyl (C=O) groups is 1. The van der Waals surface area contributed by atoms with E-state index in [1.807, 2.05) is 0 Å². The lowest BCUT2D eigenvalue weighted by Gasteiger charge is -2.05. The highest BCUT2D eigenvalue weighted by Gasteiger charge is 2.27. The van der Waals surface area contributed by atoms with Crippen LogP contribution in [-0.2, 0) is 11.8 Å². The van der Waals surface area contributed by atoms with Crippen LogP contribution in [0.3, 0.4) is 0 Å². The second kappa shape index (κ2) is 4.82. The molecule has 1 amide bonds. The van der Waals surface area contributed by atoms with Crippen molar-refractivity contribution in [3.63, 3.8) is 0 Å². The molecule has 1 heterocycles. The molecule has 1 N–H and O–H groups in total. The van der Waals surface area contributed by atoms with Crippen molar-refractivity contribution in [3.05, 3.63) is 24.0 Å². The average molecular weight is 233 g/mol. The van der Waals surface area contributed by atoms with Gasteiger partial charge in [-0.1, -0.05) is 0 Å². The van der Waals surface area contributed by atoms with Crippen LogP contribution in [0.15, 0.2) is 18.5 Å². The molecular weight excluding hydrogens is 223 g/mol. The van der Waals surface area contributed by atoms with Crippen LogP contribution in [0.5, 0.6) is 0 Å². The van der Waals surface area contributed by atoms with Gasteiger partial charge >= 0.3 is 6.18 Å². The lowest BCUT2D eigenvalue weighted by atomic mass is 10.3. The Balaban J connectivity index is 2.43. The molecule has 0 unspecified atom stereocenters. The first kappa shape index (κ1) is 12.3. The lowest BCUT2D eigenvalue weighted by molar-refractivity contribution is -0.135. The van der Waals surface area contributed by atoms with Gasteiger partial charge in [-0.3, -0.25) is 9.48 Å². The van der Waals surface area contributed by atoms with Crippen molar-refractivity contribution < 1.29 is 18.0 Å². The number of halogens is 3. The SMILES string of the molecule is Cn1cc(/C=C/C(=O)NCC(F)(F)F)cn1. The van der Waals surface area contributed by atoms with E-state index >= 15 is 0 Å². The molecule has 0 bridgehead atoms. The number of aryl methyl sites for hydroxylation is 1. The molecule has 0 aliphatic heterocycles. The molecular formula is C9H10F3N3O. The Morgan fingerprint density at radius 2 is 2.31 bits per heavy atom. The molecule has 88 valence electrons. The largest absolute Gasteiger partial charge is 0.405 e. The van der Waals surface area contributed by atoms with E-state index in [1.54, 1.807) is 18.6 Å². The van der Waals surface area contributed by atoms with Gasteiger partial charge in [0, 0.05) is 24.9 Å². The maximum Gasteiger partial charge on any atom is 0.405 e. The van der Waals surface area contributed by atoms with E-state index in [-0.39, 0.29) is 0 Å². The Labute approximate surface area is 89.7 Å². The van der Waals surface area contributed by atoms with Gasteiger partial charge in [0.1, 0.15) is 6.54 Å². The third kappa shape index (κ3) is 4.63. The molecule has 1 rings (SSSR count). The molecule has 0 saturated heterocycles. The number of hydrogen-bond acceptors (Lipinski definition) is 2. The number of hydrogen-bond donors (Lipinski definition) is 1. The van der Waals surface area contributed by atoms with Crippen LogP contribution in [0.4, 0.5) is 13.2 Å². The van der Waals surface area contributed by atoms with Gasteiger partial charge in [0.25, 0.3) is 0 Å². The number of amides is 1. The zero-order valence-corrected chi connectivity index (χ0v) is 8.45. The smallest absolute Gasteiger partial charge is 0.343 e. The molecule has 0 aromatic carbocycles. The van der Waals surface area contributed by atoms with Crippen LogP contribution in [0.1, 0.15) is 5.56 Å². The van der Waals surface area contributed by atoms with Crippen LogP contribution >= 0.6 is 0 Å².